The molecule has 2 heterocycles. The molecular formula is C7H6BrN5. The second-order valence-corrected chi connectivity index (χ2v) is 3.21. The van der Waals surface area contributed by atoms with Crippen molar-refractivity contribution in [3.8, 4) is 5.95 Å². The van der Waals surface area contributed by atoms with Gasteiger partial charge in [0, 0.05) is 12.4 Å². The summed E-state index contributed by atoms with van der Waals surface area (Å²) in [7, 11) is 0. The number of nitrogens with two attached hydrogens (primary N) is 1. The summed E-state index contributed by atoms with van der Waals surface area (Å²) in [5.74, 6) is 0.923. The van der Waals surface area contributed by atoms with E-state index in [4.69, 9.17) is 5.73 Å². The van der Waals surface area contributed by atoms with Crippen LogP contribution in [0.15, 0.2) is 29.1 Å². The number of hydrogen-bond acceptors (Lipinski definition) is 4. The van der Waals surface area contributed by atoms with Crippen molar-refractivity contribution in [3.05, 3.63) is 29.1 Å². The summed E-state index contributed by atoms with van der Waals surface area (Å²) in [5, 5.41) is 4.00. The normalized spacial score (nSPS) is 10.2. The molecule has 66 valence electrons. The van der Waals surface area contributed by atoms with Crippen LogP contribution in [0.4, 0.5) is 5.82 Å². The molecule has 0 bridgehead atoms. The lowest BCUT2D eigenvalue weighted by atomic mass is 10.6. The van der Waals surface area contributed by atoms with Crippen molar-refractivity contribution >= 4 is 21.7 Å². The van der Waals surface area contributed by atoms with E-state index in [0.29, 0.717) is 11.8 Å². The van der Waals surface area contributed by atoms with E-state index >= 15 is 0 Å². The molecule has 0 radical (unpaired) electrons. The molecule has 0 saturated carbocycles. The molecular weight excluding hydrogens is 234 g/mol. The molecule has 2 rings (SSSR count). The molecule has 0 fully saturated rings. The highest BCUT2D eigenvalue weighted by molar-refractivity contribution is 9.10. The van der Waals surface area contributed by atoms with Gasteiger partial charge in [0.2, 0.25) is 0 Å². The van der Waals surface area contributed by atoms with Crippen molar-refractivity contribution < 1.29 is 0 Å². The van der Waals surface area contributed by atoms with Crippen LogP contribution in [-0.4, -0.2) is 19.7 Å². The van der Waals surface area contributed by atoms with Gasteiger partial charge in [-0.05, 0) is 22.0 Å². The van der Waals surface area contributed by atoms with Gasteiger partial charge in [-0.2, -0.15) is 0 Å². The van der Waals surface area contributed by atoms with Crippen molar-refractivity contribution in [1.82, 2.24) is 19.7 Å². The zero-order chi connectivity index (χ0) is 9.26. The number of hydrogen-bond donors (Lipinski definition) is 1. The van der Waals surface area contributed by atoms with Crippen LogP contribution in [0.5, 0.6) is 0 Å². The smallest absolute Gasteiger partial charge is 0.250 e. The van der Waals surface area contributed by atoms with E-state index in [-0.39, 0.29) is 0 Å². The van der Waals surface area contributed by atoms with Crippen LogP contribution in [0.25, 0.3) is 5.95 Å². The van der Waals surface area contributed by atoms with Crippen molar-refractivity contribution in [1.29, 1.82) is 0 Å². The first-order valence-corrected chi connectivity index (χ1v) is 4.35. The minimum absolute atomic E-state index is 0.424. The molecule has 2 aromatic rings. The maximum atomic E-state index is 5.54. The highest BCUT2D eigenvalue weighted by atomic mass is 79.9. The lowest BCUT2D eigenvalue weighted by molar-refractivity contribution is 0.811. The molecule has 6 heteroatoms. The zero-order valence-corrected chi connectivity index (χ0v) is 8.14. The minimum Gasteiger partial charge on any atom is -0.381 e. The van der Waals surface area contributed by atoms with Crippen LogP contribution >= 0.6 is 15.9 Å². The van der Waals surface area contributed by atoms with Gasteiger partial charge in [0.05, 0.1) is 10.7 Å². The molecule has 0 unspecified atom stereocenters. The summed E-state index contributed by atoms with van der Waals surface area (Å²) < 4.78 is 2.25. The Morgan fingerprint density at radius 3 is 2.54 bits per heavy atom. The third-order valence-electron chi connectivity index (χ3n) is 1.45. The van der Waals surface area contributed by atoms with Gasteiger partial charge in [0.15, 0.2) is 5.82 Å². The van der Waals surface area contributed by atoms with Crippen LogP contribution < -0.4 is 5.73 Å². The third kappa shape index (κ3) is 1.52. The molecule has 2 aromatic heterocycles. The molecule has 0 spiro atoms. The van der Waals surface area contributed by atoms with Gasteiger partial charge in [-0.25, -0.2) is 14.6 Å². The Bertz CT molecular complexity index is 391. The van der Waals surface area contributed by atoms with Crippen LogP contribution in [-0.2, 0) is 0 Å². The van der Waals surface area contributed by atoms with Gasteiger partial charge in [-0.1, -0.05) is 0 Å². The van der Waals surface area contributed by atoms with Crippen molar-refractivity contribution in [2.75, 3.05) is 5.73 Å². The zero-order valence-electron chi connectivity index (χ0n) is 6.55. The Morgan fingerprint density at radius 1 is 1.31 bits per heavy atom. The highest BCUT2D eigenvalue weighted by Gasteiger charge is 2.04. The standard InChI is InChI=1S/C7H6BrN5/c8-5-4-13(12-6(5)9)7-10-2-1-3-11-7/h1-4H,(H2,9,12). The minimum atomic E-state index is 0.424. The number of nitrogen functional groups attached to an aromatic ring is 1. The molecule has 0 aliphatic heterocycles. The second-order valence-electron chi connectivity index (χ2n) is 2.36. The Balaban J connectivity index is 2.48. The molecule has 0 aromatic carbocycles. The largest absolute Gasteiger partial charge is 0.381 e. The third-order valence-corrected chi connectivity index (χ3v) is 2.06. The van der Waals surface area contributed by atoms with Crippen LogP contribution in [0.2, 0.25) is 0 Å². The quantitative estimate of drug-likeness (QED) is 0.807. The first kappa shape index (κ1) is 8.18. The molecule has 0 aliphatic carbocycles. The topological polar surface area (TPSA) is 69.6 Å². The number of anilines is 1. The van der Waals surface area contributed by atoms with Gasteiger partial charge >= 0.3 is 0 Å². The first-order chi connectivity index (χ1) is 6.27. The molecule has 0 aliphatic rings. The predicted octanol–water partition coefficient (Wildman–Crippen LogP) is 1.01. The predicted molar refractivity (Wildman–Crippen MR) is 51.3 cm³/mol. The fraction of sp³-hybridized carbons (Fsp3) is 0. The Kier molecular flexibility index (Phi) is 1.97. The Labute approximate surface area is 82.7 Å². The average molecular weight is 240 g/mol. The lowest BCUT2D eigenvalue weighted by Crippen LogP contribution is -2.00. The maximum Gasteiger partial charge on any atom is 0.250 e. The molecule has 2 N–H and O–H groups in total. The van der Waals surface area contributed by atoms with Crippen LogP contribution in [0, 0.1) is 0 Å². The highest BCUT2D eigenvalue weighted by Crippen LogP contribution is 2.17. The van der Waals surface area contributed by atoms with E-state index in [0.717, 1.165) is 4.47 Å². The van der Waals surface area contributed by atoms with E-state index in [1.165, 1.54) is 4.68 Å². The SMILES string of the molecule is Nc1nn(-c2ncccn2)cc1Br. The Morgan fingerprint density at radius 2 is 2.00 bits per heavy atom. The average Bonchev–Trinajstić information content (AvgIpc) is 2.49. The fourth-order valence-corrected chi connectivity index (χ4v) is 1.15. The van der Waals surface area contributed by atoms with Gasteiger partial charge in [-0.15, -0.1) is 5.10 Å². The van der Waals surface area contributed by atoms with Crippen molar-refractivity contribution in [3.63, 3.8) is 0 Å². The van der Waals surface area contributed by atoms with Crippen LogP contribution in [0.1, 0.15) is 0 Å². The Hall–Kier alpha value is -1.43. The molecule has 0 amide bonds. The number of aromatic nitrogens is 4. The summed E-state index contributed by atoms with van der Waals surface area (Å²) in [5.41, 5.74) is 5.54. The summed E-state index contributed by atoms with van der Waals surface area (Å²) >= 11 is 3.25. The number of halogens is 1. The summed E-state index contributed by atoms with van der Waals surface area (Å²) in [6.45, 7) is 0. The molecule has 13 heavy (non-hydrogen) atoms. The van der Waals surface area contributed by atoms with E-state index < -0.39 is 0 Å². The maximum absolute atomic E-state index is 5.54. The van der Waals surface area contributed by atoms with E-state index in [1.54, 1.807) is 24.7 Å². The summed E-state index contributed by atoms with van der Waals surface area (Å²) in [4.78, 5) is 8.03. The monoisotopic (exact) mass is 239 g/mol. The van der Waals surface area contributed by atoms with E-state index in [9.17, 15) is 0 Å². The van der Waals surface area contributed by atoms with Gasteiger partial charge in [-0.3, -0.25) is 0 Å². The van der Waals surface area contributed by atoms with Crippen LogP contribution in [0.3, 0.4) is 0 Å². The molecule has 0 saturated heterocycles. The van der Waals surface area contributed by atoms with Crippen molar-refractivity contribution in [2.45, 2.75) is 0 Å². The molecule has 5 nitrogen and oxygen atoms in total. The second kappa shape index (κ2) is 3.14. The van der Waals surface area contributed by atoms with Gasteiger partial charge in [0.25, 0.3) is 5.95 Å². The number of nitrogens with zero attached hydrogens (tertiary/aromatic N) is 4. The first-order valence-electron chi connectivity index (χ1n) is 3.55. The van der Waals surface area contributed by atoms with E-state index in [1.807, 2.05) is 0 Å². The number of rotatable bonds is 1. The fourth-order valence-electron chi connectivity index (χ4n) is 0.878. The lowest BCUT2D eigenvalue weighted by Gasteiger charge is -1.95. The summed E-state index contributed by atoms with van der Waals surface area (Å²) in [6, 6.07) is 1.74. The van der Waals surface area contributed by atoms with Gasteiger partial charge < -0.3 is 5.73 Å². The van der Waals surface area contributed by atoms with Crippen molar-refractivity contribution in [2.24, 2.45) is 0 Å². The molecule has 0 atom stereocenters. The summed E-state index contributed by atoms with van der Waals surface area (Å²) in [6.07, 6.45) is 5.01. The van der Waals surface area contributed by atoms with Gasteiger partial charge in [0.1, 0.15) is 0 Å². The van der Waals surface area contributed by atoms with E-state index in [2.05, 4.69) is 31.0 Å².